The van der Waals surface area contributed by atoms with Crippen molar-refractivity contribution in [1.29, 1.82) is 0 Å². The monoisotopic (exact) mass is 424 g/mol. The number of benzene rings is 1. The number of aliphatic hydroxyl groups is 1. The van der Waals surface area contributed by atoms with Gasteiger partial charge in [-0.1, -0.05) is 32.4 Å². The maximum Gasteiger partial charge on any atom is 0.259 e. The van der Waals surface area contributed by atoms with E-state index in [-0.39, 0.29) is 6.61 Å². The Kier molecular flexibility index (Phi) is 6.65. The Morgan fingerprint density at radius 3 is 2.52 bits per heavy atom. The Morgan fingerprint density at radius 1 is 1.21 bits per heavy atom. The molecule has 1 amide bonds. The second-order valence-corrected chi connectivity index (χ2v) is 9.01. The molecule has 0 spiro atoms. The molecule has 1 aromatic carbocycles. The minimum atomic E-state index is -1.92. The van der Waals surface area contributed by atoms with Crippen LogP contribution in [0.1, 0.15) is 26.3 Å². The number of nitrogens with zero attached hydrogens (tertiary/aromatic N) is 2. The summed E-state index contributed by atoms with van der Waals surface area (Å²) >= 11 is 6.40. The molecule has 2 atom stereocenters. The Balaban J connectivity index is 1.85. The number of aldehydes is 1. The third-order valence-electron chi connectivity index (χ3n) is 5.71. The second kappa shape index (κ2) is 8.70. The molecule has 0 aliphatic carbocycles. The predicted molar refractivity (Wildman–Crippen MR) is 110 cm³/mol. The largest absolute Gasteiger partial charge is 0.379 e. The molecule has 7 nitrogen and oxygen atoms in total. The molecule has 0 aromatic heterocycles. The van der Waals surface area contributed by atoms with Crippen LogP contribution in [-0.4, -0.2) is 73.4 Å². The van der Waals surface area contributed by atoms with Crippen molar-refractivity contribution < 1.29 is 24.2 Å². The summed E-state index contributed by atoms with van der Waals surface area (Å²) in [6, 6.07) is 5.46. The number of ether oxygens (including phenoxy) is 2. The summed E-state index contributed by atoms with van der Waals surface area (Å²) in [5.41, 5.74) is -1.19. The van der Waals surface area contributed by atoms with Crippen molar-refractivity contribution >= 4 is 29.5 Å². The summed E-state index contributed by atoms with van der Waals surface area (Å²) in [5.74, 6) is -0.430. The van der Waals surface area contributed by atoms with Gasteiger partial charge in [-0.15, -0.1) is 0 Å². The summed E-state index contributed by atoms with van der Waals surface area (Å²) in [6.07, 6.45) is -0.836. The van der Waals surface area contributed by atoms with E-state index in [9.17, 15) is 14.7 Å². The number of amides is 1. The lowest BCUT2D eigenvalue weighted by Gasteiger charge is -2.44. The Labute approximate surface area is 176 Å². The van der Waals surface area contributed by atoms with E-state index in [1.807, 2.05) is 6.07 Å². The third-order valence-corrected chi connectivity index (χ3v) is 6.08. The van der Waals surface area contributed by atoms with Crippen molar-refractivity contribution in [2.45, 2.75) is 39.0 Å². The molecule has 1 aromatic rings. The van der Waals surface area contributed by atoms with Gasteiger partial charge in [0.05, 0.1) is 19.8 Å². The fourth-order valence-corrected chi connectivity index (χ4v) is 3.82. The predicted octanol–water partition coefficient (Wildman–Crippen LogP) is 1.88. The first-order valence-electron chi connectivity index (χ1n) is 9.87. The molecule has 8 heteroatoms. The Morgan fingerprint density at radius 2 is 1.90 bits per heavy atom. The highest BCUT2D eigenvalue weighted by Crippen LogP contribution is 2.36. The highest BCUT2D eigenvalue weighted by atomic mass is 35.5. The van der Waals surface area contributed by atoms with Crippen molar-refractivity contribution in [3.05, 3.63) is 28.8 Å². The summed E-state index contributed by atoms with van der Waals surface area (Å²) in [5, 5.41) is 11.6. The van der Waals surface area contributed by atoms with Crippen LogP contribution in [0.3, 0.4) is 0 Å². The fraction of sp³-hybridized carbons (Fsp3) is 0.619. The lowest BCUT2D eigenvalue weighted by molar-refractivity contribution is -0.180. The minimum Gasteiger partial charge on any atom is -0.379 e. The van der Waals surface area contributed by atoms with E-state index in [1.165, 1.54) is 0 Å². The van der Waals surface area contributed by atoms with E-state index in [0.717, 1.165) is 18.7 Å². The van der Waals surface area contributed by atoms with E-state index in [4.69, 9.17) is 21.1 Å². The number of rotatable bonds is 5. The van der Waals surface area contributed by atoms with Crippen LogP contribution in [0.15, 0.2) is 18.2 Å². The highest BCUT2D eigenvalue weighted by Gasteiger charge is 2.53. The normalized spacial score (nSPS) is 23.7. The number of hydrogen-bond donors (Lipinski definition) is 1. The summed E-state index contributed by atoms with van der Waals surface area (Å²) in [7, 11) is 0. The molecule has 1 N–H and O–H groups in total. The zero-order chi connectivity index (χ0) is 21.2. The molecule has 1 unspecified atom stereocenters. The summed E-state index contributed by atoms with van der Waals surface area (Å²) in [4.78, 5) is 28.8. The molecule has 2 aliphatic rings. The first-order chi connectivity index (χ1) is 13.7. The number of halogens is 1. The van der Waals surface area contributed by atoms with Crippen LogP contribution in [0.5, 0.6) is 0 Å². The average molecular weight is 425 g/mol. The Hall–Kier alpha value is -1.51. The van der Waals surface area contributed by atoms with Gasteiger partial charge < -0.3 is 19.5 Å². The second-order valence-electron chi connectivity index (χ2n) is 8.60. The Bertz CT molecular complexity index is 760. The average Bonchev–Trinajstić information content (AvgIpc) is 2.69. The van der Waals surface area contributed by atoms with Gasteiger partial charge in [-0.05, 0) is 23.8 Å². The van der Waals surface area contributed by atoms with Gasteiger partial charge in [0, 0.05) is 42.3 Å². The van der Waals surface area contributed by atoms with Crippen molar-refractivity contribution in [2.24, 2.45) is 5.41 Å². The molecule has 0 saturated carbocycles. The van der Waals surface area contributed by atoms with Crippen LogP contribution >= 0.6 is 11.6 Å². The van der Waals surface area contributed by atoms with E-state index >= 15 is 0 Å². The molecule has 2 heterocycles. The lowest BCUT2D eigenvalue weighted by atomic mass is 9.73. The van der Waals surface area contributed by atoms with Gasteiger partial charge in [-0.3, -0.25) is 14.5 Å². The van der Waals surface area contributed by atoms with Crippen LogP contribution < -0.4 is 4.90 Å². The molecule has 3 rings (SSSR count). The van der Waals surface area contributed by atoms with Gasteiger partial charge in [-0.2, -0.15) is 0 Å². The number of hydrogen-bond acceptors (Lipinski definition) is 6. The lowest BCUT2D eigenvalue weighted by Crippen LogP contribution is -2.64. The zero-order valence-corrected chi connectivity index (χ0v) is 17.9. The van der Waals surface area contributed by atoms with E-state index in [0.29, 0.717) is 43.3 Å². The van der Waals surface area contributed by atoms with Crippen LogP contribution in [0.2, 0.25) is 5.02 Å². The van der Waals surface area contributed by atoms with Gasteiger partial charge in [0.1, 0.15) is 0 Å². The van der Waals surface area contributed by atoms with E-state index < -0.39 is 23.0 Å². The van der Waals surface area contributed by atoms with Crippen LogP contribution in [0, 0.1) is 5.41 Å². The van der Waals surface area contributed by atoms with Crippen molar-refractivity contribution in [3.8, 4) is 0 Å². The first kappa shape index (κ1) is 22.2. The van der Waals surface area contributed by atoms with Crippen molar-refractivity contribution in [2.75, 3.05) is 44.4 Å². The fourth-order valence-electron chi connectivity index (χ4n) is 3.64. The SMILES string of the molecule is CC(C)(C)C(O)(C=O)[C@H]1OCCN(c2ccc(Cl)c(CN3CCOCC3)c2)C1=O. The molecule has 2 aliphatic heterocycles. The molecule has 0 bridgehead atoms. The first-order valence-corrected chi connectivity index (χ1v) is 10.3. The van der Waals surface area contributed by atoms with E-state index in [2.05, 4.69) is 4.90 Å². The number of morpholine rings is 2. The topological polar surface area (TPSA) is 79.3 Å². The quantitative estimate of drug-likeness (QED) is 0.727. The molecular formula is C21H29ClN2O5. The maximum atomic E-state index is 13.2. The van der Waals surface area contributed by atoms with Gasteiger partial charge >= 0.3 is 0 Å². The van der Waals surface area contributed by atoms with Gasteiger partial charge in [0.25, 0.3) is 5.91 Å². The molecule has 2 saturated heterocycles. The molecular weight excluding hydrogens is 396 g/mol. The van der Waals surface area contributed by atoms with Crippen molar-refractivity contribution in [1.82, 2.24) is 4.90 Å². The minimum absolute atomic E-state index is 0.226. The van der Waals surface area contributed by atoms with Crippen LogP contribution in [0.4, 0.5) is 5.69 Å². The van der Waals surface area contributed by atoms with Gasteiger partial charge in [0.15, 0.2) is 18.0 Å². The number of carbonyl (C=O) groups excluding carboxylic acids is 2. The van der Waals surface area contributed by atoms with E-state index in [1.54, 1.807) is 37.8 Å². The van der Waals surface area contributed by atoms with Gasteiger partial charge in [0.2, 0.25) is 0 Å². The van der Waals surface area contributed by atoms with Gasteiger partial charge in [-0.25, -0.2) is 0 Å². The number of anilines is 1. The summed E-state index contributed by atoms with van der Waals surface area (Å²) < 4.78 is 11.0. The smallest absolute Gasteiger partial charge is 0.259 e. The molecule has 2 fully saturated rings. The summed E-state index contributed by atoms with van der Waals surface area (Å²) in [6.45, 7) is 9.40. The molecule has 0 radical (unpaired) electrons. The standard InChI is InChI=1S/C21H29ClN2O5/c1-20(2,3)21(27,14-25)18-19(26)24(8-11-29-18)16-4-5-17(22)15(12-16)13-23-6-9-28-10-7-23/h4-5,12,14,18,27H,6-11,13H2,1-3H3/t18-,21?/m0/s1. The van der Waals surface area contributed by atoms with Crippen LogP contribution in [-0.2, 0) is 25.6 Å². The third kappa shape index (κ3) is 4.49. The maximum absolute atomic E-state index is 13.2. The van der Waals surface area contributed by atoms with Crippen molar-refractivity contribution in [3.63, 3.8) is 0 Å². The zero-order valence-electron chi connectivity index (χ0n) is 17.2. The molecule has 29 heavy (non-hydrogen) atoms. The highest BCUT2D eigenvalue weighted by molar-refractivity contribution is 6.31. The molecule has 160 valence electrons. The van der Waals surface area contributed by atoms with Crippen LogP contribution in [0.25, 0.3) is 0 Å². The number of carbonyl (C=O) groups is 2.